The van der Waals surface area contributed by atoms with Gasteiger partial charge in [-0.25, -0.2) is 0 Å². The molecule has 0 aliphatic carbocycles. The molecule has 1 N–H and O–H groups in total. The highest BCUT2D eigenvalue weighted by molar-refractivity contribution is 14.0. The molecular formula is C9H12Cl2IN3S. The van der Waals surface area contributed by atoms with E-state index in [2.05, 4.69) is 15.2 Å². The molecule has 1 aromatic rings. The summed E-state index contributed by atoms with van der Waals surface area (Å²) < 4.78 is 1.47. The second-order valence-electron chi connectivity index (χ2n) is 3.33. The average Bonchev–Trinajstić information content (AvgIpc) is 2.70. The maximum Gasteiger partial charge on any atom is 0.194 e. The first-order valence-electron chi connectivity index (χ1n) is 4.60. The van der Waals surface area contributed by atoms with Crippen LogP contribution in [0.15, 0.2) is 11.1 Å². The Labute approximate surface area is 126 Å². The fraction of sp³-hybridized carbons (Fsp3) is 0.444. The van der Waals surface area contributed by atoms with Crippen LogP contribution in [-0.2, 0) is 6.54 Å². The lowest BCUT2D eigenvalue weighted by Crippen LogP contribution is -2.35. The third-order valence-corrected chi connectivity index (χ3v) is 3.79. The normalized spacial score (nSPS) is 14.7. The van der Waals surface area contributed by atoms with Crippen molar-refractivity contribution in [2.24, 2.45) is 4.99 Å². The fourth-order valence-corrected chi connectivity index (χ4v) is 2.88. The van der Waals surface area contributed by atoms with Gasteiger partial charge in [-0.15, -0.1) is 35.3 Å². The van der Waals surface area contributed by atoms with Crippen molar-refractivity contribution in [2.45, 2.75) is 6.54 Å². The molecule has 0 spiro atoms. The van der Waals surface area contributed by atoms with E-state index in [0.717, 1.165) is 33.3 Å². The number of nitrogens with zero attached hydrogens (tertiary/aromatic N) is 2. The molecule has 2 heterocycles. The van der Waals surface area contributed by atoms with Gasteiger partial charge >= 0.3 is 0 Å². The first kappa shape index (κ1) is 14.3. The van der Waals surface area contributed by atoms with Crippen LogP contribution in [0, 0.1) is 0 Å². The quantitative estimate of drug-likeness (QED) is 0.784. The van der Waals surface area contributed by atoms with Crippen LogP contribution in [0.4, 0.5) is 0 Å². The second kappa shape index (κ2) is 6.28. The van der Waals surface area contributed by atoms with Crippen molar-refractivity contribution in [1.82, 2.24) is 10.2 Å². The summed E-state index contributed by atoms with van der Waals surface area (Å²) in [5, 5.41) is 3.24. The lowest BCUT2D eigenvalue weighted by molar-refractivity contribution is 0.534. The third-order valence-electron chi connectivity index (χ3n) is 2.22. The summed E-state index contributed by atoms with van der Waals surface area (Å²) in [7, 11) is 2.01. The topological polar surface area (TPSA) is 27.6 Å². The molecule has 0 bridgehead atoms. The Morgan fingerprint density at radius 2 is 2.31 bits per heavy atom. The molecule has 0 atom stereocenters. The fourth-order valence-electron chi connectivity index (χ4n) is 1.39. The summed E-state index contributed by atoms with van der Waals surface area (Å²) in [5.74, 6) is 0.924. The molecule has 0 aromatic carbocycles. The van der Waals surface area contributed by atoms with Crippen molar-refractivity contribution >= 4 is 64.5 Å². The van der Waals surface area contributed by atoms with Gasteiger partial charge in [0.1, 0.15) is 0 Å². The zero-order chi connectivity index (χ0) is 10.8. The van der Waals surface area contributed by atoms with Crippen LogP contribution in [0.2, 0.25) is 8.67 Å². The minimum atomic E-state index is 0. The van der Waals surface area contributed by atoms with Gasteiger partial charge in [0.25, 0.3) is 0 Å². The zero-order valence-electron chi connectivity index (χ0n) is 8.67. The highest BCUT2D eigenvalue weighted by Crippen LogP contribution is 2.30. The predicted molar refractivity (Wildman–Crippen MR) is 81.5 cm³/mol. The van der Waals surface area contributed by atoms with E-state index < -0.39 is 0 Å². The molecule has 0 saturated carbocycles. The molecule has 0 unspecified atom stereocenters. The highest BCUT2D eigenvalue weighted by Gasteiger charge is 2.12. The summed E-state index contributed by atoms with van der Waals surface area (Å²) in [6, 6.07) is 1.89. The van der Waals surface area contributed by atoms with E-state index in [-0.39, 0.29) is 24.0 Å². The Morgan fingerprint density at radius 3 is 2.81 bits per heavy atom. The molecular weight excluding hydrogens is 380 g/mol. The van der Waals surface area contributed by atoms with Crippen LogP contribution in [0.3, 0.4) is 0 Å². The van der Waals surface area contributed by atoms with Crippen LogP contribution in [0.25, 0.3) is 0 Å². The van der Waals surface area contributed by atoms with Gasteiger partial charge in [-0.2, -0.15) is 0 Å². The van der Waals surface area contributed by atoms with Crippen LogP contribution in [0.5, 0.6) is 0 Å². The number of nitrogens with one attached hydrogen (secondary N) is 1. The average molecular weight is 392 g/mol. The number of thiophene rings is 1. The van der Waals surface area contributed by atoms with Crippen molar-refractivity contribution in [3.05, 3.63) is 20.3 Å². The Bertz CT molecular complexity index is 394. The molecule has 0 amide bonds. The van der Waals surface area contributed by atoms with Gasteiger partial charge in [-0.3, -0.25) is 4.99 Å². The van der Waals surface area contributed by atoms with Gasteiger partial charge < -0.3 is 10.2 Å². The summed E-state index contributed by atoms with van der Waals surface area (Å²) in [6.07, 6.45) is 0. The monoisotopic (exact) mass is 391 g/mol. The van der Waals surface area contributed by atoms with Crippen LogP contribution < -0.4 is 5.32 Å². The largest absolute Gasteiger partial charge is 0.352 e. The van der Waals surface area contributed by atoms with Crippen molar-refractivity contribution in [1.29, 1.82) is 0 Å². The minimum absolute atomic E-state index is 0. The van der Waals surface area contributed by atoms with Gasteiger partial charge in [0.15, 0.2) is 5.96 Å². The molecule has 0 saturated heterocycles. The first-order valence-corrected chi connectivity index (χ1v) is 6.17. The lowest BCUT2D eigenvalue weighted by atomic mass is 10.3. The molecule has 7 heteroatoms. The Balaban J connectivity index is 0.00000128. The van der Waals surface area contributed by atoms with Gasteiger partial charge in [0, 0.05) is 25.7 Å². The number of aliphatic imine (C=N–C) groups is 1. The van der Waals surface area contributed by atoms with Gasteiger partial charge in [-0.1, -0.05) is 23.2 Å². The van der Waals surface area contributed by atoms with E-state index in [4.69, 9.17) is 23.2 Å². The number of likely N-dealkylation sites (N-methyl/N-ethyl adjacent to an activating group) is 1. The van der Waals surface area contributed by atoms with E-state index in [0.29, 0.717) is 6.54 Å². The predicted octanol–water partition coefficient (Wildman–Crippen LogP) is 3.06. The van der Waals surface area contributed by atoms with Gasteiger partial charge in [0.2, 0.25) is 0 Å². The first-order chi connectivity index (χ1) is 7.16. The van der Waals surface area contributed by atoms with Crippen molar-refractivity contribution in [3.8, 4) is 0 Å². The maximum atomic E-state index is 6.01. The van der Waals surface area contributed by atoms with Gasteiger partial charge in [0.05, 0.1) is 15.2 Å². The van der Waals surface area contributed by atoms with Crippen molar-refractivity contribution in [2.75, 3.05) is 20.1 Å². The molecule has 16 heavy (non-hydrogen) atoms. The van der Waals surface area contributed by atoms with Crippen LogP contribution >= 0.6 is 58.5 Å². The Kier molecular flexibility index (Phi) is 5.63. The number of rotatable bonds is 2. The molecule has 1 aliphatic heterocycles. The lowest BCUT2D eigenvalue weighted by Gasteiger charge is -2.14. The molecule has 0 fully saturated rings. The van der Waals surface area contributed by atoms with E-state index in [1.807, 2.05) is 13.1 Å². The highest BCUT2D eigenvalue weighted by atomic mass is 127. The van der Waals surface area contributed by atoms with E-state index in [1.54, 1.807) is 0 Å². The summed E-state index contributed by atoms with van der Waals surface area (Å²) >= 11 is 13.3. The molecule has 1 aliphatic rings. The molecule has 0 radical (unpaired) electrons. The Hall–Kier alpha value is 0.280. The van der Waals surface area contributed by atoms with Crippen LogP contribution in [-0.4, -0.2) is 31.0 Å². The summed E-state index contributed by atoms with van der Waals surface area (Å²) in [6.45, 7) is 2.50. The second-order valence-corrected chi connectivity index (χ2v) is 5.62. The molecule has 90 valence electrons. The smallest absolute Gasteiger partial charge is 0.194 e. The van der Waals surface area contributed by atoms with Crippen LogP contribution in [0.1, 0.15) is 5.56 Å². The molecule has 1 aromatic heterocycles. The number of guanidine groups is 1. The number of hydrogen-bond acceptors (Lipinski definition) is 4. The maximum absolute atomic E-state index is 6.01. The summed E-state index contributed by atoms with van der Waals surface area (Å²) in [4.78, 5) is 6.41. The zero-order valence-corrected chi connectivity index (χ0v) is 13.3. The summed E-state index contributed by atoms with van der Waals surface area (Å²) in [5.41, 5.74) is 1.02. The van der Waals surface area contributed by atoms with Crippen molar-refractivity contribution < 1.29 is 0 Å². The van der Waals surface area contributed by atoms with E-state index >= 15 is 0 Å². The third kappa shape index (κ3) is 3.38. The van der Waals surface area contributed by atoms with Crippen molar-refractivity contribution in [3.63, 3.8) is 0 Å². The standard InChI is InChI=1S/C9H11Cl2N3S.HI/c1-14-3-2-12-9(14)13-5-6-4-7(10)15-8(6)11;/h4H,2-3,5H2,1H3,(H,12,13);1H. The van der Waals surface area contributed by atoms with E-state index in [1.165, 1.54) is 11.3 Å². The van der Waals surface area contributed by atoms with E-state index in [9.17, 15) is 0 Å². The minimum Gasteiger partial charge on any atom is -0.352 e. The number of hydrogen-bond donors (Lipinski definition) is 1. The molecule has 3 nitrogen and oxygen atoms in total. The van der Waals surface area contributed by atoms with Gasteiger partial charge in [-0.05, 0) is 6.07 Å². The number of halogens is 3. The molecule has 2 rings (SSSR count). The Morgan fingerprint density at radius 1 is 1.56 bits per heavy atom. The SMILES string of the molecule is CN1CCN=C1NCc1cc(Cl)sc1Cl.I.